The van der Waals surface area contributed by atoms with Crippen LogP contribution in [-0.2, 0) is 16.1 Å². The van der Waals surface area contributed by atoms with E-state index in [-0.39, 0.29) is 30.2 Å². The van der Waals surface area contributed by atoms with Gasteiger partial charge in [-0.3, -0.25) is 19.3 Å². The van der Waals surface area contributed by atoms with E-state index >= 15 is 0 Å². The summed E-state index contributed by atoms with van der Waals surface area (Å²) in [6.07, 6.45) is 1.64. The maximum atomic E-state index is 12.9. The van der Waals surface area contributed by atoms with Crippen LogP contribution in [0.1, 0.15) is 23.6 Å². The SMILES string of the molecule is CCOc1cc(/C=C2\SC(=O)N(Cc3ccc(Cl)cc3)C2=O)ccc1OCC(=O)Nc1cccc(C)c1. The Morgan fingerprint density at radius 3 is 2.54 bits per heavy atom. The molecular weight excluding hydrogens is 512 g/mol. The summed E-state index contributed by atoms with van der Waals surface area (Å²) in [7, 11) is 0. The minimum atomic E-state index is -0.365. The molecule has 1 N–H and O–H groups in total. The number of amides is 3. The monoisotopic (exact) mass is 536 g/mol. The standard InChI is InChI=1S/C28H25ClN2O5S/c1-3-35-24-14-20(9-12-23(24)36-17-26(32)30-22-6-4-5-18(2)13-22)15-25-27(33)31(28(34)37-25)16-19-7-10-21(29)11-8-19/h4-15H,3,16-17H2,1-2H3,(H,30,32)/b25-15-. The molecular formula is C28H25ClN2O5S. The Balaban J connectivity index is 1.44. The fourth-order valence-electron chi connectivity index (χ4n) is 3.63. The van der Waals surface area contributed by atoms with Crippen LogP contribution in [0.2, 0.25) is 5.02 Å². The molecule has 1 saturated heterocycles. The Bertz CT molecular complexity index is 1360. The van der Waals surface area contributed by atoms with Crippen molar-refractivity contribution in [1.82, 2.24) is 4.90 Å². The molecule has 0 spiro atoms. The Kier molecular flexibility index (Phi) is 8.53. The maximum absolute atomic E-state index is 12.9. The number of carbonyl (C=O) groups excluding carboxylic acids is 3. The summed E-state index contributed by atoms with van der Waals surface area (Å²) in [5.74, 6) is 0.164. The van der Waals surface area contributed by atoms with Crippen LogP contribution in [0.3, 0.4) is 0 Å². The first-order valence-electron chi connectivity index (χ1n) is 11.6. The lowest BCUT2D eigenvalue weighted by molar-refractivity contribution is -0.123. The van der Waals surface area contributed by atoms with Crippen molar-refractivity contribution in [2.24, 2.45) is 0 Å². The van der Waals surface area contributed by atoms with Crippen molar-refractivity contribution in [2.75, 3.05) is 18.5 Å². The van der Waals surface area contributed by atoms with Gasteiger partial charge in [-0.2, -0.15) is 0 Å². The second-order valence-corrected chi connectivity index (χ2v) is 9.67. The highest BCUT2D eigenvalue weighted by molar-refractivity contribution is 8.18. The Morgan fingerprint density at radius 1 is 1.03 bits per heavy atom. The number of hydrogen-bond donors (Lipinski definition) is 1. The lowest BCUT2D eigenvalue weighted by atomic mass is 10.1. The van der Waals surface area contributed by atoms with Gasteiger partial charge in [0.25, 0.3) is 17.1 Å². The van der Waals surface area contributed by atoms with Gasteiger partial charge in [0.05, 0.1) is 18.1 Å². The molecule has 1 heterocycles. The smallest absolute Gasteiger partial charge is 0.293 e. The fraction of sp³-hybridized carbons (Fsp3) is 0.179. The minimum absolute atomic E-state index is 0.167. The molecule has 0 aliphatic carbocycles. The van der Waals surface area contributed by atoms with Gasteiger partial charge in [0, 0.05) is 10.7 Å². The summed E-state index contributed by atoms with van der Waals surface area (Å²) in [6, 6.07) is 19.6. The van der Waals surface area contributed by atoms with E-state index in [9.17, 15) is 14.4 Å². The van der Waals surface area contributed by atoms with E-state index in [2.05, 4.69) is 5.32 Å². The number of benzene rings is 3. The number of carbonyl (C=O) groups is 3. The molecule has 1 aliphatic heterocycles. The number of halogens is 1. The summed E-state index contributed by atoms with van der Waals surface area (Å²) in [5, 5.41) is 3.05. The van der Waals surface area contributed by atoms with Gasteiger partial charge in [0.1, 0.15) is 0 Å². The number of thioether (sulfide) groups is 1. The first kappa shape index (κ1) is 26.3. The number of nitrogens with one attached hydrogen (secondary N) is 1. The van der Waals surface area contributed by atoms with E-state index in [1.165, 1.54) is 4.90 Å². The molecule has 7 nitrogen and oxygen atoms in total. The number of anilines is 1. The maximum Gasteiger partial charge on any atom is 0.293 e. The summed E-state index contributed by atoms with van der Waals surface area (Å²) in [5.41, 5.74) is 3.20. The van der Waals surface area contributed by atoms with Crippen molar-refractivity contribution in [2.45, 2.75) is 20.4 Å². The van der Waals surface area contributed by atoms with Crippen molar-refractivity contribution >= 4 is 52.2 Å². The molecule has 3 amide bonds. The molecule has 4 rings (SSSR count). The quantitative estimate of drug-likeness (QED) is 0.323. The van der Waals surface area contributed by atoms with Crippen LogP contribution in [0.25, 0.3) is 6.08 Å². The molecule has 0 atom stereocenters. The third-order valence-electron chi connectivity index (χ3n) is 5.35. The zero-order valence-corrected chi connectivity index (χ0v) is 21.9. The first-order chi connectivity index (χ1) is 17.8. The average Bonchev–Trinajstić information content (AvgIpc) is 3.12. The highest BCUT2D eigenvalue weighted by Crippen LogP contribution is 2.35. The zero-order chi connectivity index (χ0) is 26.4. The molecule has 9 heteroatoms. The highest BCUT2D eigenvalue weighted by atomic mass is 35.5. The number of hydrogen-bond acceptors (Lipinski definition) is 6. The molecule has 0 radical (unpaired) electrons. The van der Waals surface area contributed by atoms with Crippen LogP contribution in [0.5, 0.6) is 11.5 Å². The van der Waals surface area contributed by atoms with Crippen molar-refractivity contribution in [1.29, 1.82) is 0 Å². The molecule has 1 fully saturated rings. The zero-order valence-electron chi connectivity index (χ0n) is 20.3. The molecule has 1 aliphatic rings. The second-order valence-electron chi connectivity index (χ2n) is 8.24. The number of nitrogens with zero attached hydrogens (tertiary/aromatic N) is 1. The second kappa shape index (κ2) is 12.0. The van der Waals surface area contributed by atoms with Gasteiger partial charge in [0.2, 0.25) is 0 Å². The van der Waals surface area contributed by atoms with Crippen LogP contribution < -0.4 is 14.8 Å². The third-order valence-corrected chi connectivity index (χ3v) is 6.51. The summed E-state index contributed by atoms with van der Waals surface area (Å²) in [4.78, 5) is 39.3. The topological polar surface area (TPSA) is 84.9 Å². The van der Waals surface area contributed by atoms with Crippen LogP contribution in [0, 0.1) is 6.92 Å². The molecule has 37 heavy (non-hydrogen) atoms. The van der Waals surface area contributed by atoms with Crippen molar-refractivity contribution < 1.29 is 23.9 Å². The van der Waals surface area contributed by atoms with Crippen LogP contribution in [-0.4, -0.2) is 35.2 Å². The van der Waals surface area contributed by atoms with Crippen LogP contribution in [0.15, 0.2) is 71.6 Å². The summed E-state index contributed by atoms with van der Waals surface area (Å²) in [6.45, 7) is 4.13. The van der Waals surface area contributed by atoms with Crippen molar-refractivity contribution in [3.05, 3.63) is 93.3 Å². The van der Waals surface area contributed by atoms with Crippen molar-refractivity contribution in [3.63, 3.8) is 0 Å². The largest absolute Gasteiger partial charge is 0.490 e. The van der Waals surface area contributed by atoms with Gasteiger partial charge in [-0.1, -0.05) is 41.9 Å². The predicted molar refractivity (Wildman–Crippen MR) is 146 cm³/mol. The Labute approximate surface area is 224 Å². The van der Waals surface area contributed by atoms with E-state index in [0.29, 0.717) is 39.3 Å². The fourth-order valence-corrected chi connectivity index (χ4v) is 4.59. The van der Waals surface area contributed by atoms with Gasteiger partial charge >= 0.3 is 0 Å². The Hall–Kier alpha value is -3.75. The Morgan fingerprint density at radius 2 is 1.81 bits per heavy atom. The summed E-state index contributed by atoms with van der Waals surface area (Å²) >= 11 is 6.80. The molecule has 3 aromatic carbocycles. The summed E-state index contributed by atoms with van der Waals surface area (Å²) < 4.78 is 11.4. The molecule has 0 unspecified atom stereocenters. The van der Waals surface area contributed by atoms with E-state index in [4.69, 9.17) is 21.1 Å². The number of ether oxygens (including phenoxy) is 2. The van der Waals surface area contributed by atoms with Gasteiger partial charge < -0.3 is 14.8 Å². The number of rotatable bonds is 9. The van der Waals surface area contributed by atoms with Crippen molar-refractivity contribution in [3.8, 4) is 11.5 Å². The molecule has 0 bridgehead atoms. The average molecular weight is 537 g/mol. The van der Waals surface area contributed by atoms with Gasteiger partial charge in [-0.15, -0.1) is 0 Å². The predicted octanol–water partition coefficient (Wildman–Crippen LogP) is 6.30. The molecule has 0 saturated carbocycles. The number of imide groups is 1. The molecule has 190 valence electrons. The third kappa shape index (κ3) is 6.93. The lowest BCUT2D eigenvalue weighted by Gasteiger charge is -2.13. The number of aryl methyl sites for hydroxylation is 1. The highest BCUT2D eigenvalue weighted by Gasteiger charge is 2.35. The lowest BCUT2D eigenvalue weighted by Crippen LogP contribution is -2.27. The van der Waals surface area contributed by atoms with Gasteiger partial charge in [0.15, 0.2) is 18.1 Å². The van der Waals surface area contributed by atoms with Crippen LogP contribution in [0.4, 0.5) is 10.5 Å². The van der Waals surface area contributed by atoms with Crippen LogP contribution >= 0.6 is 23.4 Å². The van der Waals surface area contributed by atoms with Gasteiger partial charge in [-0.25, -0.2) is 0 Å². The normalized spacial score (nSPS) is 14.2. The first-order valence-corrected chi connectivity index (χ1v) is 12.8. The minimum Gasteiger partial charge on any atom is -0.490 e. The molecule has 3 aromatic rings. The van der Waals surface area contributed by atoms with E-state index < -0.39 is 0 Å². The van der Waals surface area contributed by atoms with E-state index in [0.717, 1.165) is 22.9 Å². The molecule has 0 aromatic heterocycles. The van der Waals surface area contributed by atoms with Gasteiger partial charge in [-0.05, 0) is 84.8 Å². The van der Waals surface area contributed by atoms with E-state index in [1.54, 1.807) is 48.5 Å². The van der Waals surface area contributed by atoms with E-state index in [1.807, 2.05) is 38.1 Å².